The number of benzene rings is 1. The van der Waals surface area contributed by atoms with Crippen molar-refractivity contribution in [3.8, 4) is 0 Å². The van der Waals surface area contributed by atoms with E-state index < -0.39 is 5.97 Å². The minimum atomic E-state index is -0.395. The molecule has 0 unspecified atom stereocenters. The predicted molar refractivity (Wildman–Crippen MR) is 112 cm³/mol. The molecule has 1 aromatic carbocycles. The summed E-state index contributed by atoms with van der Waals surface area (Å²) in [5, 5.41) is 2.89. The average molecular weight is 396 g/mol. The number of methoxy groups -OCH3 is 1. The fraction of sp³-hybridized carbons (Fsp3) is 0.409. The molecular weight excluding hydrogens is 368 g/mol. The first kappa shape index (κ1) is 20.8. The number of nitrogens with zero attached hydrogens (tertiary/aromatic N) is 3. The van der Waals surface area contributed by atoms with E-state index in [1.54, 1.807) is 29.2 Å². The van der Waals surface area contributed by atoms with E-state index in [4.69, 9.17) is 0 Å². The molecule has 0 bridgehead atoms. The van der Waals surface area contributed by atoms with E-state index in [2.05, 4.69) is 33.8 Å². The number of rotatable bonds is 7. The minimum Gasteiger partial charge on any atom is -0.465 e. The molecule has 7 nitrogen and oxygen atoms in total. The number of carbonyl (C=O) groups excluding carboxylic acids is 2. The summed E-state index contributed by atoms with van der Waals surface area (Å²) >= 11 is 0. The highest BCUT2D eigenvalue weighted by atomic mass is 16.5. The van der Waals surface area contributed by atoms with Gasteiger partial charge in [0.15, 0.2) is 0 Å². The molecule has 2 aromatic rings. The lowest BCUT2D eigenvalue weighted by molar-refractivity contribution is 0.0486. The lowest BCUT2D eigenvalue weighted by Gasteiger charge is -2.45. The number of ether oxygens (including phenoxy) is 1. The summed E-state index contributed by atoms with van der Waals surface area (Å²) < 4.78 is 4.68. The van der Waals surface area contributed by atoms with Crippen molar-refractivity contribution >= 4 is 17.7 Å². The van der Waals surface area contributed by atoms with Crippen LogP contribution < -0.4 is 5.32 Å². The minimum absolute atomic E-state index is 0.125. The Balaban J connectivity index is 1.53. The molecule has 1 aromatic heterocycles. The summed E-state index contributed by atoms with van der Waals surface area (Å²) in [6.07, 6.45) is 3.63. The van der Waals surface area contributed by atoms with Crippen LogP contribution in [-0.2, 0) is 11.3 Å². The summed E-state index contributed by atoms with van der Waals surface area (Å²) in [5.41, 5.74) is 2.34. The molecule has 0 aliphatic carbocycles. The number of anilines is 1. The fourth-order valence-electron chi connectivity index (χ4n) is 3.40. The van der Waals surface area contributed by atoms with Gasteiger partial charge in [-0.3, -0.25) is 9.88 Å². The van der Waals surface area contributed by atoms with Gasteiger partial charge in [0.1, 0.15) is 0 Å². The Morgan fingerprint density at radius 3 is 2.41 bits per heavy atom. The van der Waals surface area contributed by atoms with Gasteiger partial charge in [0.05, 0.1) is 12.7 Å². The van der Waals surface area contributed by atoms with E-state index >= 15 is 0 Å². The number of hydrogen-bond acceptors (Lipinski definition) is 5. The number of urea groups is 1. The second-order valence-electron chi connectivity index (χ2n) is 7.74. The third kappa shape index (κ3) is 5.54. The van der Waals surface area contributed by atoms with Crippen LogP contribution in [0.4, 0.5) is 10.5 Å². The third-order valence-corrected chi connectivity index (χ3v) is 4.96. The first-order valence-corrected chi connectivity index (χ1v) is 9.83. The van der Waals surface area contributed by atoms with E-state index in [0.29, 0.717) is 36.3 Å². The number of hydrogen-bond donors (Lipinski definition) is 1. The largest absolute Gasteiger partial charge is 0.465 e. The van der Waals surface area contributed by atoms with Gasteiger partial charge in [-0.05, 0) is 47.9 Å². The Labute approximate surface area is 171 Å². The van der Waals surface area contributed by atoms with Gasteiger partial charge in [0.2, 0.25) is 0 Å². The summed E-state index contributed by atoms with van der Waals surface area (Å²) in [4.78, 5) is 32.3. The average Bonchev–Trinajstić information content (AvgIpc) is 2.67. The van der Waals surface area contributed by atoms with E-state index in [1.807, 2.05) is 24.5 Å². The monoisotopic (exact) mass is 396 g/mol. The number of pyridine rings is 1. The lowest BCUT2D eigenvalue weighted by Crippen LogP contribution is -2.62. The van der Waals surface area contributed by atoms with Crippen LogP contribution in [0.1, 0.15) is 29.8 Å². The van der Waals surface area contributed by atoms with Crippen LogP contribution in [0.2, 0.25) is 0 Å². The Morgan fingerprint density at radius 2 is 1.83 bits per heavy atom. The molecule has 0 saturated carbocycles. The highest BCUT2D eigenvalue weighted by Crippen LogP contribution is 2.21. The van der Waals surface area contributed by atoms with Gasteiger partial charge >= 0.3 is 12.0 Å². The molecule has 3 rings (SSSR count). The molecule has 2 heterocycles. The van der Waals surface area contributed by atoms with Crippen LogP contribution >= 0.6 is 0 Å². The number of likely N-dealkylation sites (tertiary alicyclic amines) is 1. The van der Waals surface area contributed by atoms with E-state index in [0.717, 1.165) is 13.1 Å². The highest BCUT2D eigenvalue weighted by molar-refractivity contribution is 5.92. The summed E-state index contributed by atoms with van der Waals surface area (Å²) in [7, 11) is 1.34. The van der Waals surface area contributed by atoms with Crippen molar-refractivity contribution < 1.29 is 14.3 Å². The van der Waals surface area contributed by atoms with Crippen LogP contribution in [0.3, 0.4) is 0 Å². The number of carbonyl (C=O) groups is 2. The summed E-state index contributed by atoms with van der Waals surface area (Å²) in [6, 6.07) is 11.0. The van der Waals surface area contributed by atoms with Crippen LogP contribution in [0.5, 0.6) is 0 Å². The standard InChI is InChI=1S/C22H28N4O3/c1-16(2)12-25(13-17-8-10-23-11-9-17)20-14-26(15-20)22(28)24-19-6-4-18(5-7-19)21(27)29-3/h4-11,16,20H,12-15H2,1-3H3,(H,24,28). The maximum Gasteiger partial charge on any atom is 0.337 e. The van der Waals surface area contributed by atoms with Crippen LogP contribution in [0, 0.1) is 5.92 Å². The smallest absolute Gasteiger partial charge is 0.337 e. The Hall–Kier alpha value is -2.93. The van der Waals surface area contributed by atoms with Gasteiger partial charge in [-0.25, -0.2) is 9.59 Å². The molecule has 7 heteroatoms. The zero-order valence-corrected chi connectivity index (χ0v) is 17.2. The van der Waals surface area contributed by atoms with Gasteiger partial charge in [-0.1, -0.05) is 13.8 Å². The molecule has 1 aliphatic heterocycles. The normalized spacial score (nSPS) is 14.0. The topological polar surface area (TPSA) is 74.8 Å². The SMILES string of the molecule is COC(=O)c1ccc(NC(=O)N2CC(N(Cc3ccncc3)CC(C)C)C2)cc1. The number of amides is 2. The molecule has 2 amide bonds. The Bertz CT molecular complexity index is 818. The summed E-state index contributed by atoms with van der Waals surface area (Å²) in [6.45, 7) is 7.66. The first-order chi connectivity index (χ1) is 14.0. The summed E-state index contributed by atoms with van der Waals surface area (Å²) in [5.74, 6) is 0.154. The molecule has 29 heavy (non-hydrogen) atoms. The van der Waals surface area contributed by atoms with Crippen LogP contribution in [-0.4, -0.2) is 59.6 Å². The number of nitrogens with one attached hydrogen (secondary N) is 1. The van der Waals surface area contributed by atoms with Crippen molar-refractivity contribution in [3.63, 3.8) is 0 Å². The van der Waals surface area contributed by atoms with Gasteiger partial charge in [-0.15, -0.1) is 0 Å². The molecule has 0 radical (unpaired) electrons. The van der Waals surface area contributed by atoms with Crippen molar-refractivity contribution in [2.24, 2.45) is 5.92 Å². The zero-order chi connectivity index (χ0) is 20.8. The van der Waals surface area contributed by atoms with Crippen molar-refractivity contribution in [3.05, 3.63) is 59.9 Å². The van der Waals surface area contributed by atoms with Crippen molar-refractivity contribution in [2.45, 2.75) is 26.4 Å². The van der Waals surface area contributed by atoms with Crippen LogP contribution in [0.25, 0.3) is 0 Å². The molecule has 1 fully saturated rings. The highest BCUT2D eigenvalue weighted by Gasteiger charge is 2.35. The van der Waals surface area contributed by atoms with Gasteiger partial charge in [-0.2, -0.15) is 0 Å². The Morgan fingerprint density at radius 1 is 1.17 bits per heavy atom. The van der Waals surface area contributed by atoms with Crippen LogP contribution in [0.15, 0.2) is 48.8 Å². The molecule has 0 atom stereocenters. The maximum absolute atomic E-state index is 12.5. The molecule has 1 N–H and O–H groups in total. The molecule has 0 spiro atoms. The van der Waals surface area contributed by atoms with E-state index in [9.17, 15) is 9.59 Å². The Kier molecular flexibility index (Phi) is 6.82. The van der Waals surface area contributed by atoms with Gasteiger partial charge in [0.25, 0.3) is 0 Å². The zero-order valence-electron chi connectivity index (χ0n) is 17.2. The third-order valence-electron chi connectivity index (χ3n) is 4.96. The predicted octanol–water partition coefficient (Wildman–Crippen LogP) is 3.24. The second-order valence-corrected chi connectivity index (χ2v) is 7.74. The number of aromatic nitrogens is 1. The quantitative estimate of drug-likeness (QED) is 0.727. The van der Waals surface area contributed by atoms with E-state index in [-0.39, 0.29) is 6.03 Å². The van der Waals surface area contributed by atoms with Crippen molar-refractivity contribution in [1.29, 1.82) is 0 Å². The first-order valence-electron chi connectivity index (χ1n) is 9.83. The van der Waals surface area contributed by atoms with Gasteiger partial charge in [0, 0.05) is 50.3 Å². The number of esters is 1. The molecule has 1 aliphatic rings. The second kappa shape index (κ2) is 9.52. The molecule has 154 valence electrons. The van der Waals surface area contributed by atoms with Gasteiger partial charge < -0.3 is 15.0 Å². The lowest BCUT2D eigenvalue weighted by atomic mass is 10.0. The molecular formula is C22H28N4O3. The van der Waals surface area contributed by atoms with Crippen molar-refractivity contribution in [1.82, 2.24) is 14.8 Å². The van der Waals surface area contributed by atoms with Crippen molar-refractivity contribution in [2.75, 3.05) is 32.1 Å². The molecule has 1 saturated heterocycles. The maximum atomic E-state index is 12.5. The van der Waals surface area contributed by atoms with E-state index in [1.165, 1.54) is 12.7 Å². The fourth-order valence-corrected chi connectivity index (χ4v) is 3.40.